The molecule has 1 unspecified atom stereocenters. The molecular weight excluding hydrogens is 415 g/mol. The van der Waals surface area contributed by atoms with E-state index in [1.54, 1.807) is 13.2 Å². The predicted octanol–water partition coefficient (Wildman–Crippen LogP) is 5.19. The van der Waals surface area contributed by atoms with Crippen molar-refractivity contribution in [2.24, 2.45) is 9.98 Å². The van der Waals surface area contributed by atoms with Crippen LogP contribution >= 0.6 is 0 Å². The third kappa shape index (κ3) is 4.65. The number of nitrogens with one attached hydrogen (secondary N) is 2. The molecule has 2 aliphatic heterocycles. The van der Waals surface area contributed by atoms with Gasteiger partial charge in [-0.2, -0.15) is 0 Å². The molecule has 0 aliphatic carbocycles. The maximum Gasteiger partial charge on any atom is 0.132 e. The van der Waals surface area contributed by atoms with Gasteiger partial charge in [-0.3, -0.25) is 9.98 Å². The number of amidine groups is 1. The normalized spacial score (nSPS) is 18.2. The molecule has 2 N–H and O–H groups in total. The minimum Gasteiger partial charge on any atom is -0.497 e. The van der Waals surface area contributed by atoms with Crippen LogP contribution in [0.25, 0.3) is 11.1 Å². The lowest BCUT2D eigenvalue weighted by Gasteiger charge is -2.32. The van der Waals surface area contributed by atoms with Crippen molar-refractivity contribution < 1.29 is 9.13 Å². The second-order valence-electron chi connectivity index (χ2n) is 8.04. The molecule has 5 rings (SSSR count). The second kappa shape index (κ2) is 9.28. The maximum atomic E-state index is 13.7. The smallest absolute Gasteiger partial charge is 0.132 e. The first-order chi connectivity index (χ1) is 16.2. The van der Waals surface area contributed by atoms with Crippen LogP contribution in [0, 0.1) is 5.82 Å². The third-order valence-electron chi connectivity index (χ3n) is 5.78. The first-order valence-electron chi connectivity index (χ1n) is 11.0. The molecule has 166 valence electrons. The number of dihydropyridines is 1. The highest BCUT2D eigenvalue weighted by Gasteiger charge is 2.25. The summed E-state index contributed by atoms with van der Waals surface area (Å²) >= 11 is 0. The topological polar surface area (TPSA) is 58.0 Å². The first kappa shape index (κ1) is 20.9. The van der Waals surface area contributed by atoms with Crippen molar-refractivity contribution in [2.75, 3.05) is 19.0 Å². The van der Waals surface area contributed by atoms with Gasteiger partial charge in [-0.1, -0.05) is 36.4 Å². The number of benzene rings is 3. The number of nitrogens with zero attached hydrogens (tertiary/aromatic N) is 2. The number of halogens is 1. The summed E-state index contributed by atoms with van der Waals surface area (Å²) in [6.45, 7) is 1.19. The molecule has 3 aromatic rings. The molecule has 5 nitrogen and oxygen atoms in total. The van der Waals surface area contributed by atoms with E-state index in [2.05, 4.69) is 46.0 Å². The highest BCUT2D eigenvalue weighted by atomic mass is 19.1. The van der Waals surface area contributed by atoms with Gasteiger partial charge in [-0.15, -0.1) is 0 Å². The first-order valence-corrected chi connectivity index (χ1v) is 11.0. The molecule has 0 saturated carbocycles. The molecule has 3 aromatic carbocycles. The van der Waals surface area contributed by atoms with Gasteiger partial charge in [0.25, 0.3) is 0 Å². The van der Waals surface area contributed by atoms with E-state index in [1.807, 2.05) is 30.5 Å². The van der Waals surface area contributed by atoms with Gasteiger partial charge in [-0.05, 0) is 59.5 Å². The van der Waals surface area contributed by atoms with Gasteiger partial charge in [-0.25, -0.2) is 4.39 Å². The Morgan fingerprint density at radius 1 is 1.03 bits per heavy atom. The van der Waals surface area contributed by atoms with E-state index >= 15 is 0 Å². The summed E-state index contributed by atoms with van der Waals surface area (Å²) in [6, 6.07) is 20.8. The van der Waals surface area contributed by atoms with Gasteiger partial charge < -0.3 is 15.4 Å². The Labute approximate surface area is 192 Å². The third-order valence-corrected chi connectivity index (χ3v) is 5.78. The monoisotopic (exact) mass is 440 g/mol. The van der Waals surface area contributed by atoms with E-state index in [-0.39, 0.29) is 12.0 Å². The van der Waals surface area contributed by atoms with Crippen molar-refractivity contribution in [3.63, 3.8) is 0 Å². The molecule has 0 radical (unpaired) electrons. The summed E-state index contributed by atoms with van der Waals surface area (Å²) < 4.78 is 19.1. The zero-order valence-electron chi connectivity index (χ0n) is 18.4. The molecule has 1 atom stereocenters. The van der Waals surface area contributed by atoms with Crippen LogP contribution in [0.2, 0.25) is 0 Å². The Kier molecular flexibility index (Phi) is 5.89. The number of ether oxygens (including phenoxy) is 1. The number of anilines is 1. The quantitative estimate of drug-likeness (QED) is 0.574. The number of hydrogen-bond acceptors (Lipinski definition) is 4. The molecule has 0 fully saturated rings. The summed E-state index contributed by atoms with van der Waals surface area (Å²) in [5, 5.41) is 7.10. The number of aliphatic imine (C=N–C) groups is 2. The zero-order chi connectivity index (χ0) is 22.6. The highest BCUT2D eigenvalue weighted by Crippen LogP contribution is 2.31. The molecule has 0 amide bonds. The van der Waals surface area contributed by atoms with Crippen molar-refractivity contribution in [2.45, 2.75) is 19.1 Å². The Balaban J connectivity index is 1.53. The van der Waals surface area contributed by atoms with Crippen molar-refractivity contribution in [3.05, 3.63) is 95.3 Å². The Bertz CT molecular complexity index is 1260. The zero-order valence-corrected chi connectivity index (χ0v) is 18.4. The molecule has 33 heavy (non-hydrogen) atoms. The molecule has 2 aliphatic rings. The van der Waals surface area contributed by atoms with Crippen LogP contribution in [0.4, 0.5) is 10.1 Å². The SMILES string of the molecule is COc1cccc(-c2ccc3c(c2)C(=NCc2cccc(F)c2)NC(C2=CCCN=C2)N3)c1. The minimum atomic E-state index is -0.256. The Morgan fingerprint density at radius 3 is 2.73 bits per heavy atom. The van der Waals surface area contributed by atoms with E-state index in [0.717, 1.165) is 58.1 Å². The minimum absolute atomic E-state index is 0.129. The van der Waals surface area contributed by atoms with E-state index in [4.69, 9.17) is 9.73 Å². The van der Waals surface area contributed by atoms with E-state index < -0.39 is 0 Å². The lowest BCUT2D eigenvalue weighted by molar-refractivity contribution is 0.415. The van der Waals surface area contributed by atoms with Crippen molar-refractivity contribution >= 4 is 17.7 Å². The largest absolute Gasteiger partial charge is 0.497 e. The molecule has 2 heterocycles. The second-order valence-corrected chi connectivity index (χ2v) is 8.04. The predicted molar refractivity (Wildman–Crippen MR) is 132 cm³/mol. The van der Waals surface area contributed by atoms with Gasteiger partial charge in [0.15, 0.2) is 0 Å². The Hall–Kier alpha value is -3.93. The molecule has 0 saturated heterocycles. The molecule has 6 heteroatoms. The van der Waals surface area contributed by atoms with Crippen LogP contribution in [-0.4, -0.2) is 31.9 Å². The standard InChI is InChI=1S/C27H25FN4O/c1-33-23-9-3-6-19(14-23)20-10-11-25-24(15-20)27(30-16-18-5-2-8-22(28)13-18)32-26(31-25)21-7-4-12-29-17-21/h2-3,5-11,13-15,17,26,31H,4,12,16H2,1H3,(H,30,32). The fraction of sp³-hybridized carbons (Fsp3) is 0.185. The van der Waals surface area contributed by atoms with Crippen LogP contribution in [0.15, 0.2) is 88.4 Å². The average Bonchev–Trinajstić information content (AvgIpc) is 2.87. The van der Waals surface area contributed by atoms with Crippen LogP contribution in [0.1, 0.15) is 17.5 Å². The number of methoxy groups -OCH3 is 1. The average molecular weight is 441 g/mol. The summed E-state index contributed by atoms with van der Waals surface area (Å²) in [5.74, 6) is 1.32. The summed E-state index contributed by atoms with van der Waals surface area (Å²) in [6.07, 6.45) is 4.89. The summed E-state index contributed by atoms with van der Waals surface area (Å²) in [5.41, 5.74) is 5.99. The van der Waals surface area contributed by atoms with Crippen molar-refractivity contribution in [1.29, 1.82) is 0 Å². The fourth-order valence-corrected chi connectivity index (χ4v) is 4.08. The number of rotatable bonds is 5. The highest BCUT2D eigenvalue weighted by molar-refractivity contribution is 6.07. The van der Waals surface area contributed by atoms with Gasteiger partial charge in [0, 0.05) is 29.6 Å². The molecule has 0 bridgehead atoms. The lowest BCUT2D eigenvalue weighted by Crippen LogP contribution is -2.47. The van der Waals surface area contributed by atoms with E-state index in [9.17, 15) is 4.39 Å². The fourth-order valence-electron chi connectivity index (χ4n) is 4.08. The Morgan fingerprint density at radius 2 is 1.91 bits per heavy atom. The van der Waals surface area contributed by atoms with Gasteiger partial charge in [0.1, 0.15) is 23.6 Å². The van der Waals surface area contributed by atoms with Gasteiger partial charge in [0.05, 0.1) is 13.7 Å². The van der Waals surface area contributed by atoms with Crippen LogP contribution in [0.3, 0.4) is 0 Å². The van der Waals surface area contributed by atoms with Gasteiger partial charge >= 0.3 is 0 Å². The van der Waals surface area contributed by atoms with E-state index in [0.29, 0.717) is 6.54 Å². The molecule has 0 aromatic heterocycles. The summed E-state index contributed by atoms with van der Waals surface area (Å²) in [4.78, 5) is 9.27. The summed E-state index contributed by atoms with van der Waals surface area (Å²) in [7, 11) is 1.67. The van der Waals surface area contributed by atoms with Crippen molar-refractivity contribution in [1.82, 2.24) is 5.32 Å². The molecule has 0 spiro atoms. The maximum absolute atomic E-state index is 13.7. The van der Waals surface area contributed by atoms with Crippen LogP contribution < -0.4 is 15.4 Å². The van der Waals surface area contributed by atoms with E-state index in [1.165, 1.54) is 12.1 Å². The van der Waals surface area contributed by atoms with Gasteiger partial charge in [0.2, 0.25) is 0 Å². The number of fused-ring (bicyclic) bond motifs is 1. The van der Waals surface area contributed by atoms with Crippen LogP contribution in [0.5, 0.6) is 5.75 Å². The van der Waals surface area contributed by atoms with Crippen molar-refractivity contribution in [3.8, 4) is 16.9 Å². The van der Waals surface area contributed by atoms with Crippen LogP contribution in [-0.2, 0) is 6.54 Å². The molecular formula is C27H25FN4O. The lowest BCUT2D eigenvalue weighted by atomic mass is 9.98. The number of hydrogen-bond donors (Lipinski definition) is 2.